The zero-order valence-corrected chi connectivity index (χ0v) is 15.8. The van der Waals surface area contributed by atoms with E-state index in [0.29, 0.717) is 6.29 Å². The summed E-state index contributed by atoms with van der Waals surface area (Å²) in [6.07, 6.45) is 2.26. The van der Waals surface area contributed by atoms with Crippen molar-refractivity contribution in [3.05, 3.63) is 39.4 Å². The fourth-order valence-corrected chi connectivity index (χ4v) is 3.13. The largest absolute Gasteiger partial charge is 0.504 e. The van der Waals surface area contributed by atoms with Crippen molar-refractivity contribution < 1.29 is 33.6 Å². The van der Waals surface area contributed by atoms with Gasteiger partial charge in [0.05, 0.1) is 18.8 Å². The number of carbonyl (C=O) groups is 1. The van der Waals surface area contributed by atoms with Crippen LogP contribution in [0, 0.1) is 0 Å². The molecule has 2 heterocycles. The average Bonchev–Trinajstić information content (AvgIpc) is 2.63. The predicted molar refractivity (Wildman–Crippen MR) is 100.0 cm³/mol. The summed E-state index contributed by atoms with van der Waals surface area (Å²) in [5.41, 5.74) is -1.03. The number of phenols is 2. The number of benzene rings is 1. The SMILES string of the molecule is C/C=C\c1cc2c(c(=O)o1)-c1c(O)c(O)c(OC)c(C=O)c1C(OC(C)C)O2. The second-order valence-electron chi connectivity index (χ2n) is 6.36. The van der Waals surface area contributed by atoms with E-state index in [1.165, 1.54) is 13.2 Å². The molecule has 8 heteroatoms. The van der Waals surface area contributed by atoms with E-state index in [0.717, 1.165) is 0 Å². The first-order valence-corrected chi connectivity index (χ1v) is 8.58. The van der Waals surface area contributed by atoms with E-state index in [-0.39, 0.29) is 45.6 Å². The van der Waals surface area contributed by atoms with Crippen LogP contribution in [0.1, 0.15) is 48.7 Å². The van der Waals surface area contributed by atoms with Crippen molar-refractivity contribution in [2.24, 2.45) is 0 Å². The number of aldehydes is 1. The second kappa shape index (κ2) is 7.40. The molecule has 1 aliphatic rings. The van der Waals surface area contributed by atoms with Crippen LogP contribution in [-0.4, -0.2) is 29.7 Å². The molecule has 2 N–H and O–H groups in total. The van der Waals surface area contributed by atoms with Gasteiger partial charge >= 0.3 is 5.63 Å². The zero-order chi connectivity index (χ0) is 20.6. The number of phenolic OH excluding ortho intramolecular Hbond substituents is 2. The monoisotopic (exact) mass is 388 g/mol. The number of fused-ring (bicyclic) bond motifs is 3. The lowest BCUT2D eigenvalue weighted by Crippen LogP contribution is -2.25. The average molecular weight is 388 g/mol. The van der Waals surface area contributed by atoms with Crippen molar-refractivity contribution in [1.82, 2.24) is 0 Å². The molecule has 1 unspecified atom stereocenters. The van der Waals surface area contributed by atoms with Crippen LogP contribution in [0.15, 0.2) is 21.4 Å². The maximum absolute atomic E-state index is 12.6. The summed E-state index contributed by atoms with van der Waals surface area (Å²) in [5, 5.41) is 20.9. The minimum atomic E-state index is -1.12. The third kappa shape index (κ3) is 3.01. The van der Waals surface area contributed by atoms with Crippen LogP contribution in [-0.2, 0) is 4.74 Å². The first-order valence-electron chi connectivity index (χ1n) is 8.58. The van der Waals surface area contributed by atoms with Crippen LogP contribution in [0.5, 0.6) is 23.0 Å². The topological polar surface area (TPSA) is 115 Å². The Kier molecular flexibility index (Phi) is 5.15. The van der Waals surface area contributed by atoms with Crippen molar-refractivity contribution in [3.63, 3.8) is 0 Å². The van der Waals surface area contributed by atoms with Gasteiger partial charge in [-0.25, -0.2) is 4.79 Å². The number of hydrogen-bond donors (Lipinski definition) is 2. The number of allylic oxidation sites excluding steroid dienone is 1. The van der Waals surface area contributed by atoms with Gasteiger partial charge in [0, 0.05) is 17.2 Å². The zero-order valence-electron chi connectivity index (χ0n) is 15.8. The maximum atomic E-state index is 12.6. The van der Waals surface area contributed by atoms with Gasteiger partial charge in [0.1, 0.15) is 17.1 Å². The van der Waals surface area contributed by atoms with E-state index in [9.17, 15) is 19.8 Å². The molecule has 148 valence electrons. The third-order valence-corrected chi connectivity index (χ3v) is 4.18. The molecule has 0 radical (unpaired) electrons. The Morgan fingerprint density at radius 1 is 1.21 bits per heavy atom. The molecule has 28 heavy (non-hydrogen) atoms. The van der Waals surface area contributed by atoms with Gasteiger partial charge in [0.15, 0.2) is 17.8 Å². The van der Waals surface area contributed by atoms with Crippen LogP contribution < -0.4 is 15.1 Å². The molecule has 8 nitrogen and oxygen atoms in total. The molecule has 0 saturated heterocycles. The fourth-order valence-electron chi connectivity index (χ4n) is 3.13. The Bertz CT molecular complexity index is 1020. The van der Waals surface area contributed by atoms with Gasteiger partial charge < -0.3 is 28.8 Å². The van der Waals surface area contributed by atoms with Crippen LogP contribution in [0.25, 0.3) is 17.2 Å². The van der Waals surface area contributed by atoms with Gasteiger partial charge in [-0.15, -0.1) is 0 Å². The lowest BCUT2D eigenvalue weighted by Gasteiger charge is -2.31. The second-order valence-corrected chi connectivity index (χ2v) is 6.36. The molecule has 1 aliphatic heterocycles. The summed E-state index contributed by atoms with van der Waals surface area (Å²) in [4.78, 5) is 24.4. The summed E-state index contributed by atoms with van der Waals surface area (Å²) in [5.74, 6) is -1.21. The number of rotatable bonds is 5. The molecule has 0 spiro atoms. The minimum absolute atomic E-state index is 0.0782. The van der Waals surface area contributed by atoms with Crippen molar-refractivity contribution in [2.75, 3.05) is 7.11 Å². The number of hydrogen-bond acceptors (Lipinski definition) is 8. The minimum Gasteiger partial charge on any atom is -0.504 e. The number of methoxy groups -OCH3 is 1. The lowest BCUT2D eigenvalue weighted by atomic mass is 9.91. The Morgan fingerprint density at radius 3 is 2.50 bits per heavy atom. The lowest BCUT2D eigenvalue weighted by molar-refractivity contribution is -0.113. The highest BCUT2D eigenvalue weighted by Crippen LogP contribution is 2.54. The standard InChI is InChI=1S/C20H20O8/c1-5-6-10-7-12-14(19(24)27-10)15-13(20(28-12)26-9(2)3)11(8-21)18(25-4)17(23)16(15)22/h5-9,20,22-23H,1-4H3/b6-5-. The third-order valence-electron chi connectivity index (χ3n) is 4.18. The highest BCUT2D eigenvalue weighted by atomic mass is 16.7. The summed E-state index contributed by atoms with van der Waals surface area (Å²) in [7, 11) is 1.24. The Morgan fingerprint density at radius 2 is 1.93 bits per heavy atom. The van der Waals surface area contributed by atoms with Gasteiger partial charge in [-0.3, -0.25) is 4.79 Å². The molecule has 0 fully saturated rings. The van der Waals surface area contributed by atoms with E-state index in [2.05, 4.69) is 0 Å². The van der Waals surface area contributed by atoms with Gasteiger partial charge in [-0.2, -0.15) is 0 Å². The molecule has 1 aromatic heterocycles. The summed E-state index contributed by atoms with van der Waals surface area (Å²) in [6.45, 7) is 5.29. The van der Waals surface area contributed by atoms with Crippen molar-refractivity contribution >= 4 is 12.4 Å². The van der Waals surface area contributed by atoms with Gasteiger partial charge in [0.25, 0.3) is 0 Å². The van der Waals surface area contributed by atoms with E-state index < -0.39 is 23.4 Å². The number of ether oxygens (including phenoxy) is 3. The highest BCUT2D eigenvalue weighted by Gasteiger charge is 2.38. The molecule has 3 rings (SSSR count). The van der Waals surface area contributed by atoms with E-state index in [1.54, 1.807) is 32.9 Å². The van der Waals surface area contributed by atoms with Crippen LogP contribution >= 0.6 is 0 Å². The Labute approximate surface area is 160 Å². The van der Waals surface area contributed by atoms with Gasteiger partial charge in [-0.1, -0.05) is 6.08 Å². The smallest absolute Gasteiger partial charge is 0.348 e. The predicted octanol–water partition coefficient (Wildman–Crippen LogP) is 3.39. The summed E-state index contributed by atoms with van der Waals surface area (Å²) < 4.78 is 21.9. The molecular weight excluding hydrogens is 368 g/mol. The normalized spacial score (nSPS) is 15.2. The summed E-state index contributed by atoms with van der Waals surface area (Å²) >= 11 is 0. The Balaban J connectivity index is 2.44. The molecule has 0 aliphatic carbocycles. The molecule has 0 amide bonds. The number of carbonyl (C=O) groups excluding carboxylic acids is 1. The van der Waals surface area contributed by atoms with Crippen LogP contribution in [0.2, 0.25) is 0 Å². The first kappa shape index (κ1) is 19.5. The van der Waals surface area contributed by atoms with Crippen LogP contribution in [0.3, 0.4) is 0 Å². The highest BCUT2D eigenvalue weighted by molar-refractivity contribution is 5.94. The van der Waals surface area contributed by atoms with Gasteiger partial charge in [0.2, 0.25) is 12.0 Å². The van der Waals surface area contributed by atoms with E-state index in [4.69, 9.17) is 18.6 Å². The summed E-state index contributed by atoms with van der Waals surface area (Å²) in [6, 6.07) is 1.47. The molecule has 0 saturated carbocycles. The van der Waals surface area contributed by atoms with Crippen molar-refractivity contribution in [2.45, 2.75) is 33.2 Å². The molecule has 1 atom stereocenters. The first-order chi connectivity index (χ1) is 13.3. The van der Waals surface area contributed by atoms with Gasteiger partial charge in [-0.05, 0) is 26.8 Å². The van der Waals surface area contributed by atoms with Crippen molar-refractivity contribution in [1.29, 1.82) is 0 Å². The molecular formula is C20H20O8. The molecule has 1 aromatic carbocycles. The molecule has 2 aromatic rings. The van der Waals surface area contributed by atoms with E-state index in [1.807, 2.05) is 0 Å². The fraction of sp³-hybridized carbons (Fsp3) is 0.300. The maximum Gasteiger partial charge on any atom is 0.348 e. The Hall–Kier alpha value is -3.26. The quantitative estimate of drug-likeness (QED) is 0.592. The number of aromatic hydroxyl groups is 2. The molecule has 0 bridgehead atoms. The van der Waals surface area contributed by atoms with Crippen molar-refractivity contribution in [3.8, 4) is 34.1 Å². The van der Waals surface area contributed by atoms with Crippen LogP contribution in [0.4, 0.5) is 0 Å². The van der Waals surface area contributed by atoms with E-state index >= 15 is 0 Å².